The first-order valence-corrected chi connectivity index (χ1v) is 7.84. The van der Waals surface area contributed by atoms with Gasteiger partial charge in [0.05, 0.1) is 0 Å². The van der Waals surface area contributed by atoms with Gasteiger partial charge in [-0.2, -0.15) is 0 Å². The van der Waals surface area contributed by atoms with Gasteiger partial charge in [0.1, 0.15) is 30.5 Å². The largest absolute Gasteiger partial charge is 0.461 e. The molecule has 0 spiro atoms. The molecule has 0 amide bonds. The Morgan fingerprint density at radius 3 is 2.68 bits per heavy atom. The van der Waals surface area contributed by atoms with Gasteiger partial charge in [-0.15, -0.1) is 0 Å². The third-order valence-corrected chi connectivity index (χ3v) is 4.25. The molecule has 1 aliphatic heterocycles. The molecule has 0 saturated carbocycles. The van der Waals surface area contributed by atoms with Crippen LogP contribution in [-0.2, 0) is 14.3 Å². The lowest BCUT2D eigenvalue weighted by Crippen LogP contribution is -2.46. The van der Waals surface area contributed by atoms with Gasteiger partial charge in [-0.1, -0.05) is 13.8 Å². The molecular formula is C15H23N3O7. The van der Waals surface area contributed by atoms with E-state index in [9.17, 15) is 24.6 Å². The Balaban J connectivity index is 2.16. The van der Waals surface area contributed by atoms with Gasteiger partial charge in [0.15, 0.2) is 6.23 Å². The van der Waals surface area contributed by atoms with Crippen LogP contribution in [0.3, 0.4) is 0 Å². The Bertz CT molecular complexity index is 743. The van der Waals surface area contributed by atoms with E-state index in [0.717, 1.165) is 16.8 Å². The molecular weight excluding hydrogens is 334 g/mol. The monoisotopic (exact) mass is 357 g/mol. The predicted molar refractivity (Wildman–Crippen MR) is 85.6 cm³/mol. The van der Waals surface area contributed by atoms with Gasteiger partial charge in [0.2, 0.25) is 0 Å². The minimum absolute atomic E-state index is 0.132. The Labute approximate surface area is 143 Å². The van der Waals surface area contributed by atoms with E-state index in [1.165, 1.54) is 6.92 Å². The molecule has 10 heteroatoms. The van der Waals surface area contributed by atoms with E-state index < -0.39 is 47.3 Å². The number of nitrogens with two attached hydrogens (primary N) is 1. The summed E-state index contributed by atoms with van der Waals surface area (Å²) in [5.74, 6) is -0.793. The van der Waals surface area contributed by atoms with Crippen molar-refractivity contribution in [2.24, 2.45) is 11.7 Å². The molecule has 1 aromatic heterocycles. The highest BCUT2D eigenvalue weighted by molar-refractivity contribution is 5.75. The molecule has 2 rings (SSSR count). The fourth-order valence-corrected chi connectivity index (χ4v) is 2.48. The standard InChI is InChI=1S/C15H23N3O7/c1-7(2)9(16)13(22)24-6-15(3)11(21)10(20)12(25-15)18-5-4-8(19)17-14(18)23/h4-5,7,9-12,20-21H,6,16H2,1-3H3,(H,17,19,23)/t9-,10+,11-,12+,15+/m0/s1. The van der Waals surface area contributed by atoms with Crippen LogP contribution in [0.1, 0.15) is 27.0 Å². The van der Waals surface area contributed by atoms with Crippen molar-refractivity contribution in [2.75, 3.05) is 6.61 Å². The van der Waals surface area contributed by atoms with Crippen LogP contribution < -0.4 is 17.0 Å². The average molecular weight is 357 g/mol. The summed E-state index contributed by atoms with van der Waals surface area (Å²) in [5, 5.41) is 20.5. The Kier molecular flexibility index (Phi) is 5.47. The van der Waals surface area contributed by atoms with Gasteiger partial charge in [0, 0.05) is 12.3 Å². The number of carbonyl (C=O) groups is 1. The third kappa shape index (κ3) is 3.82. The number of hydrogen-bond donors (Lipinski definition) is 4. The lowest BCUT2D eigenvalue weighted by Gasteiger charge is -2.27. The smallest absolute Gasteiger partial charge is 0.330 e. The van der Waals surface area contributed by atoms with Gasteiger partial charge < -0.3 is 25.4 Å². The van der Waals surface area contributed by atoms with E-state index in [-0.39, 0.29) is 12.5 Å². The van der Waals surface area contributed by atoms with Crippen LogP contribution in [0.15, 0.2) is 21.9 Å². The summed E-state index contributed by atoms with van der Waals surface area (Å²) in [6, 6.07) is 0.256. The predicted octanol–water partition coefficient (Wildman–Crippen LogP) is -1.93. The number of rotatable bonds is 5. The molecule has 2 heterocycles. The normalized spacial score (nSPS) is 30.4. The summed E-state index contributed by atoms with van der Waals surface area (Å²) < 4.78 is 11.6. The molecule has 1 aromatic rings. The number of H-pyrrole nitrogens is 1. The maximum absolute atomic E-state index is 11.9. The number of aromatic nitrogens is 2. The maximum atomic E-state index is 11.9. The molecule has 1 aliphatic rings. The first-order valence-electron chi connectivity index (χ1n) is 7.84. The Morgan fingerprint density at radius 1 is 1.48 bits per heavy atom. The molecule has 1 fully saturated rings. The number of nitrogens with one attached hydrogen (secondary N) is 1. The van der Waals surface area contributed by atoms with Crippen molar-refractivity contribution in [3.8, 4) is 0 Å². The van der Waals surface area contributed by atoms with Gasteiger partial charge in [-0.05, 0) is 12.8 Å². The lowest BCUT2D eigenvalue weighted by molar-refractivity contribution is -0.165. The highest BCUT2D eigenvalue weighted by Crippen LogP contribution is 2.36. The molecule has 1 saturated heterocycles. The van der Waals surface area contributed by atoms with Crippen molar-refractivity contribution in [3.05, 3.63) is 33.1 Å². The molecule has 0 aromatic carbocycles. The third-order valence-electron chi connectivity index (χ3n) is 4.25. The molecule has 0 unspecified atom stereocenters. The fourth-order valence-electron chi connectivity index (χ4n) is 2.48. The number of aliphatic hydroxyl groups excluding tert-OH is 2. The second-order valence-electron chi connectivity index (χ2n) is 6.65. The van der Waals surface area contributed by atoms with E-state index in [2.05, 4.69) is 0 Å². The maximum Gasteiger partial charge on any atom is 0.330 e. The zero-order valence-corrected chi connectivity index (χ0v) is 14.2. The van der Waals surface area contributed by atoms with E-state index in [1.807, 2.05) is 4.98 Å². The zero-order chi connectivity index (χ0) is 18.9. The molecule has 0 bridgehead atoms. The molecule has 25 heavy (non-hydrogen) atoms. The number of hydrogen-bond acceptors (Lipinski definition) is 8. The number of nitrogens with zero attached hydrogens (tertiary/aromatic N) is 1. The van der Waals surface area contributed by atoms with Crippen LogP contribution in [0.25, 0.3) is 0 Å². The van der Waals surface area contributed by atoms with E-state index in [1.54, 1.807) is 13.8 Å². The van der Waals surface area contributed by atoms with Crippen LogP contribution in [0.4, 0.5) is 0 Å². The molecule has 0 aliphatic carbocycles. The fraction of sp³-hybridized carbons (Fsp3) is 0.667. The van der Waals surface area contributed by atoms with Crippen molar-refractivity contribution in [2.45, 2.75) is 50.8 Å². The minimum Gasteiger partial charge on any atom is -0.461 e. The van der Waals surface area contributed by atoms with Gasteiger partial charge >= 0.3 is 11.7 Å². The average Bonchev–Trinajstić information content (AvgIpc) is 2.77. The van der Waals surface area contributed by atoms with Crippen LogP contribution in [0, 0.1) is 5.92 Å². The van der Waals surface area contributed by atoms with Crippen molar-refractivity contribution in [3.63, 3.8) is 0 Å². The number of esters is 1. The minimum atomic E-state index is -1.47. The molecule has 5 atom stereocenters. The number of carbonyl (C=O) groups excluding carboxylic acids is 1. The molecule has 5 N–H and O–H groups in total. The van der Waals surface area contributed by atoms with Gasteiger partial charge in [0.25, 0.3) is 5.56 Å². The van der Waals surface area contributed by atoms with Gasteiger partial charge in [-0.25, -0.2) is 4.79 Å². The quantitative estimate of drug-likeness (QED) is 0.444. The summed E-state index contributed by atoms with van der Waals surface area (Å²) in [7, 11) is 0. The van der Waals surface area contributed by atoms with Crippen molar-refractivity contribution < 1.29 is 24.5 Å². The molecule has 10 nitrogen and oxygen atoms in total. The Hall–Kier alpha value is -2.01. The van der Waals surface area contributed by atoms with Crippen LogP contribution in [0.5, 0.6) is 0 Å². The first-order chi connectivity index (χ1) is 11.6. The first kappa shape index (κ1) is 19.3. The van der Waals surface area contributed by atoms with Crippen molar-refractivity contribution in [1.29, 1.82) is 0 Å². The highest BCUT2D eigenvalue weighted by atomic mass is 16.6. The second kappa shape index (κ2) is 7.08. The summed E-state index contributed by atoms with van der Waals surface area (Å²) in [5.41, 5.74) is 2.84. The van der Waals surface area contributed by atoms with Crippen LogP contribution >= 0.6 is 0 Å². The summed E-state index contributed by atoms with van der Waals surface area (Å²) in [4.78, 5) is 36.9. The zero-order valence-electron chi connectivity index (χ0n) is 14.2. The molecule has 140 valence electrons. The summed E-state index contributed by atoms with van der Waals surface area (Å²) in [6.45, 7) is 4.60. The van der Waals surface area contributed by atoms with Crippen LogP contribution in [-0.4, -0.2) is 56.2 Å². The lowest BCUT2D eigenvalue weighted by atomic mass is 9.98. The highest BCUT2D eigenvalue weighted by Gasteiger charge is 2.53. The Morgan fingerprint density at radius 2 is 2.12 bits per heavy atom. The van der Waals surface area contributed by atoms with Crippen molar-refractivity contribution >= 4 is 5.97 Å². The van der Waals surface area contributed by atoms with E-state index >= 15 is 0 Å². The number of ether oxygens (including phenoxy) is 2. The number of aliphatic hydroxyl groups is 2. The van der Waals surface area contributed by atoms with E-state index in [0.29, 0.717) is 0 Å². The number of aromatic amines is 1. The van der Waals surface area contributed by atoms with Crippen molar-refractivity contribution in [1.82, 2.24) is 9.55 Å². The summed E-state index contributed by atoms with van der Waals surface area (Å²) in [6.07, 6.45) is -3.00. The van der Waals surface area contributed by atoms with Crippen LogP contribution in [0.2, 0.25) is 0 Å². The second-order valence-corrected chi connectivity index (χ2v) is 6.65. The van der Waals surface area contributed by atoms with Gasteiger partial charge in [-0.3, -0.25) is 19.1 Å². The van der Waals surface area contributed by atoms with E-state index in [4.69, 9.17) is 15.2 Å². The topological polar surface area (TPSA) is 157 Å². The molecule has 0 radical (unpaired) electrons. The SMILES string of the molecule is CC(C)[C@H](N)C(=O)OC[C@@]1(C)O[C@@H](n2ccc(=O)[nH]c2=O)[C@H](O)[C@@H]1O. The summed E-state index contributed by atoms with van der Waals surface area (Å²) >= 11 is 0.